The number of nitrogens with two attached hydrogens (primary N) is 1. The number of benzene rings is 1. The summed E-state index contributed by atoms with van der Waals surface area (Å²) in [7, 11) is 0. The van der Waals surface area contributed by atoms with Gasteiger partial charge in [0.05, 0.1) is 6.10 Å². The fraction of sp³-hybridized carbons (Fsp3) is 0.632. The highest BCUT2D eigenvalue weighted by molar-refractivity contribution is 5.75. The Balaban J connectivity index is 1.70. The summed E-state index contributed by atoms with van der Waals surface area (Å²) in [6.45, 7) is 5.66. The molecule has 128 valence electrons. The first-order chi connectivity index (χ1) is 11.1. The Hall–Kier alpha value is -1.39. The Morgan fingerprint density at radius 3 is 2.57 bits per heavy atom. The average molecular weight is 318 g/mol. The van der Waals surface area contributed by atoms with Crippen molar-refractivity contribution in [2.24, 2.45) is 5.73 Å². The molecular weight excluding hydrogens is 288 g/mol. The lowest BCUT2D eigenvalue weighted by Gasteiger charge is -2.22. The molecule has 1 aromatic carbocycles. The standard InChI is InChI=1S/C19H30N2O2/c1-14(2)15-6-8-16(9-7-15)18(20)13-21-19(22)11-10-17-5-3-4-12-23-17/h6-9,14,17-18H,3-5,10-13,20H2,1-2H3,(H,21,22). The maximum absolute atomic E-state index is 11.9. The third-order valence-electron chi connectivity index (χ3n) is 4.52. The van der Waals surface area contributed by atoms with Crippen LogP contribution in [0.5, 0.6) is 0 Å². The van der Waals surface area contributed by atoms with E-state index in [1.165, 1.54) is 12.0 Å². The topological polar surface area (TPSA) is 64.3 Å². The van der Waals surface area contributed by atoms with E-state index in [4.69, 9.17) is 10.5 Å². The van der Waals surface area contributed by atoms with E-state index >= 15 is 0 Å². The summed E-state index contributed by atoms with van der Waals surface area (Å²) >= 11 is 0. The second-order valence-electron chi connectivity index (χ2n) is 6.76. The number of hydrogen-bond donors (Lipinski definition) is 2. The number of carbonyl (C=O) groups excluding carboxylic acids is 1. The number of ether oxygens (including phenoxy) is 1. The largest absolute Gasteiger partial charge is 0.378 e. The van der Waals surface area contributed by atoms with Gasteiger partial charge in [-0.2, -0.15) is 0 Å². The van der Waals surface area contributed by atoms with Gasteiger partial charge in [0, 0.05) is 25.6 Å². The average Bonchev–Trinajstić information content (AvgIpc) is 2.58. The molecule has 2 rings (SSSR count). The van der Waals surface area contributed by atoms with Crippen LogP contribution in [0.4, 0.5) is 0 Å². The molecule has 0 radical (unpaired) electrons. The van der Waals surface area contributed by atoms with Gasteiger partial charge < -0.3 is 15.8 Å². The number of nitrogens with one attached hydrogen (secondary N) is 1. The van der Waals surface area contributed by atoms with E-state index in [0.29, 0.717) is 18.9 Å². The normalized spacial score (nSPS) is 19.6. The minimum absolute atomic E-state index is 0.0634. The molecule has 1 saturated heterocycles. The Bertz CT molecular complexity index is 479. The van der Waals surface area contributed by atoms with Crippen LogP contribution in [0.1, 0.15) is 69.0 Å². The van der Waals surface area contributed by atoms with Crippen molar-refractivity contribution in [3.63, 3.8) is 0 Å². The first kappa shape index (κ1) is 18.0. The molecule has 2 unspecified atom stereocenters. The molecule has 2 atom stereocenters. The second-order valence-corrected chi connectivity index (χ2v) is 6.76. The zero-order valence-electron chi connectivity index (χ0n) is 14.4. The molecule has 0 bridgehead atoms. The highest BCUT2D eigenvalue weighted by Gasteiger charge is 2.15. The van der Waals surface area contributed by atoms with Crippen LogP contribution in [-0.4, -0.2) is 25.2 Å². The monoisotopic (exact) mass is 318 g/mol. The zero-order valence-corrected chi connectivity index (χ0v) is 14.4. The van der Waals surface area contributed by atoms with E-state index in [0.717, 1.165) is 31.4 Å². The van der Waals surface area contributed by atoms with Crippen molar-refractivity contribution >= 4 is 5.91 Å². The van der Waals surface area contributed by atoms with Crippen molar-refractivity contribution in [2.45, 2.75) is 64.0 Å². The van der Waals surface area contributed by atoms with Gasteiger partial charge in [0.2, 0.25) is 5.91 Å². The van der Waals surface area contributed by atoms with Crippen LogP contribution < -0.4 is 11.1 Å². The van der Waals surface area contributed by atoms with Gasteiger partial charge in [0.25, 0.3) is 0 Å². The highest BCUT2D eigenvalue weighted by atomic mass is 16.5. The summed E-state index contributed by atoms with van der Waals surface area (Å²) in [5.41, 5.74) is 8.53. The van der Waals surface area contributed by atoms with Crippen molar-refractivity contribution in [3.8, 4) is 0 Å². The molecule has 1 aliphatic rings. The van der Waals surface area contributed by atoms with E-state index in [-0.39, 0.29) is 18.1 Å². The van der Waals surface area contributed by atoms with Gasteiger partial charge in [-0.3, -0.25) is 4.79 Å². The minimum atomic E-state index is -0.161. The summed E-state index contributed by atoms with van der Waals surface area (Å²) in [5, 5.41) is 2.94. The lowest BCUT2D eigenvalue weighted by Crippen LogP contribution is -2.32. The molecule has 0 aromatic heterocycles. The molecule has 1 amide bonds. The quantitative estimate of drug-likeness (QED) is 0.811. The lowest BCUT2D eigenvalue weighted by atomic mass is 9.99. The molecule has 0 saturated carbocycles. The van der Waals surface area contributed by atoms with Crippen LogP contribution >= 0.6 is 0 Å². The van der Waals surface area contributed by atoms with Crippen LogP contribution in [0.2, 0.25) is 0 Å². The van der Waals surface area contributed by atoms with Crippen molar-refractivity contribution in [1.82, 2.24) is 5.32 Å². The van der Waals surface area contributed by atoms with Gasteiger partial charge in [-0.15, -0.1) is 0 Å². The molecule has 4 heteroatoms. The summed E-state index contributed by atoms with van der Waals surface area (Å²) in [4.78, 5) is 11.9. The molecular formula is C19H30N2O2. The smallest absolute Gasteiger partial charge is 0.220 e. The highest BCUT2D eigenvalue weighted by Crippen LogP contribution is 2.18. The number of amides is 1. The minimum Gasteiger partial charge on any atom is -0.378 e. The lowest BCUT2D eigenvalue weighted by molar-refractivity contribution is -0.122. The van der Waals surface area contributed by atoms with Gasteiger partial charge in [-0.1, -0.05) is 38.1 Å². The van der Waals surface area contributed by atoms with E-state index in [1.54, 1.807) is 0 Å². The Kier molecular flexibility index (Phi) is 7.06. The predicted molar refractivity (Wildman–Crippen MR) is 93.3 cm³/mol. The Morgan fingerprint density at radius 1 is 1.26 bits per heavy atom. The zero-order chi connectivity index (χ0) is 16.7. The fourth-order valence-electron chi connectivity index (χ4n) is 2.89. The van der Waals surface area contributed by atoms with E-state index < -0.39 is 0 Å². The SMILES string of the molecule is CC(C)c1ccc(C(N)CNC(=O)CCC2CCCCO2)cc1. The second kappa shape index (κ2) is 9.04. The number of rotatable bonds is 7. The van der Waals surface area contributed by atoms with Crippen molar-refractivity contribution in [1.29, 1.82) is 0 Å². The third-order valence-corrected chi connectivity index (χ3v) is 4.52. The first-order valence-corrected chi connectivity index (χ1v) is 8.80. The molecule has 0 aliphatic carbocycles. The van der Waals surface area contributed by atoms with Gasteiger partial charge >= 0.3 is 0 Å². The molecule has 23 heavy (non-hydrogen) atoms. The fourth-order valence-corrected chi connectivity index (χ4v) is 2.89. The van der Waals surface area contributed by atoms with E-state index in [2.05, 4.69) is 43.4 Å². The maximum Gasteiger partial charge on any atom is 0.220 e. The molecule has 1 aliphatic heterocycles. The van der Waals surface area contributed by atoms with E-state index in [9.17, 15) is 4.79 Å². The van der Waals surface area contributed by atoms with Crippen LogP contribution in [0, 0.1) is 0 Å². The van der Waals surface area contributed by atoms with Crippen LogP contribution in [0.15, 0.2) is 24.3 Å². The molecule has 3 N–H and O–H groups in total. The summed E-state index contributed by atoms with van der Waals surface area (Å²) in [6, 6.07) is 8.18. The van der Waals surface area contributed by atoms with Crippen molar-refractivity contribution in [3.05, 3.63) is 35.4 Å². The van der Waals surface area contributed by atoms with Gasteiger partial charge in [0.15, 0.2) is 0 Å². The van der Waals surface area contributed by atoms with E-state index in [1.807, 2.05) is 0 Å². The van der Waals surface area contributed by atoms with Crippen LogP contribution in [0.3, 0.4) is 0 Å². The molecule has 1 aromatic rings. The van der Waals surface area contributed by atoms with Gasteiger partial charge in [-0.05, 0) is 42.7 Å². The summed E-state index contributed by atoms with van der Waals surface area (Å²) < 4.78 is 5.65. The van der Waals surface area contributed by atoms with Crippen LogP contribution in [-0.2, 0) is 9.53 Å². The summed E-state index contributed by atoms with van der Waals surface area (Å²) in [6.07, 6.45) is 5.02. The number of hydrogen-bond acceptors (Lipinski definition) is 3. The van der Waals surface area contributed by atoms with Crippen LogP contribution in [0.25, 0.3) is 0 Å². The predicted octanol–water partition coefficient (Wildman–Crippen LogP) is 3.28. The summed E-state index contributed by atoms with van der Waals surface area (Å²) in [5.74, 6) is 0.579. The molecule has 1 fully saturated rings. The molecule has 1 heterocycles. The molecule has 0 spiro atoms. The molecule has 4 nitrogen and oxygen atoms in total. The Morgan fingerprint density at radius 2 is 1.96 bits per heavy atom. The van der Waals surface area contributed by atoms with Crippen molar-refractivity contribution in [2.75, 3.05) is 13.2 Å². The van der Waals surface area contributed by atoms with Gasteiger partial charge in [-0.25, -0.2) is 0 Å². The number of carbonyl (C=O) groups is 1. The first-order valence-electron chi connectivity index (χ1n) is 8.80. The maximum atomic E-state index is 11.9. The van der Waals surface area contributed by atoms with Gasteiger partial charge in [0.1, 0.15) is 0 Å². The van der Waals surface area contributed by atoms with Crippen molar-refractivity contribution < 1.29 is 9.53 Å². The Labute approximate surface area is 139 Å². The third kappa shape index (κ3) is 5.96.